The van der Waals surface area contributed by atoms with Crippen molar-refractivity contribution in [3.63, 3.8) is 0 Å². The average molecular weight is 319 g/mol. The fourth-order valence-corrected chi connectivity index (χ4v) is 2.35. The molecule has 0 heterocycles. The van der Waals surface area contributed by atoms with Gasteiger partial charge in [0.25, 0.3) is 0 Å². The van der Waals surface area contributed by atoms with E-state index in [9.17, 15) is 5.11 Å². The van der Waals surface area contributed by atoms with Crippen molar-refractivity contribution in [3.05, 3.63) is 24.9 Å². The van der Waals surface area contributed by atoms with Gasteiger partial charge in [0.2, 0.25) is 0 Å². The van der Waals surface area contributed by atoms with Crippen LogP contribution in [0, 0.1) is 0 Å². The molecule has 1 N–H and O–H groups in total. The van der Waals surface area contributed by atoms with Crippen molar-refractivity contribution in [3.8, 4) is 0 Å². The van der Waals surface area contributed by atoms with Gasteiger partial charge in [-0.3, -0.25) is 4.99 Å². The first kappa shape index (κ1) is 20.3. The maximum Gasteiger partial charge on any atom is 0.101 e. The highest BCUT2D eigenvalue weighted by Crippen LogP contribution is 2.40. The van der Waals surface area contributed by atoms with Gasteiger partial charge in [-0.05, 0) is 18.9 Å². The fraction of sp³-hybridized carbons (Fsp3) is 0.667. The average Bonchev–Trinajstić information content (AvgIpc) is 2.44. The summed E-state index contributed by atoms with van der Waals surface area (Å²) in [5, 5.41) is 9.69. The molecule has 0 saturated heterocycles. The Morgan fingerprint density at radius 2 is 2.00 bits per heavy atom. The Kier molecular flexibility index (Phi) is 11.6. The monoisotopic (exact) mass is 319 g/mol. The molecule has 1 unspecified atom stereocenters. The number of hydrogen-bond donors (Lipinski definition) is 1. The highest BCUT2D eigenvalue weighted by molar-refractivity contribution is 8.28. The molecule has 0 spiro atoms. The largest absolute Gasteiger partial charge is 0.388 e. The van der Waals surface area contributed by atoms with Crippen LogP contribution in [-0.4, -0.2) is 69.2 Å². The Morgan fingerprint density at radius 3 is 2.62 bits per heavy atom. The number of allylic oxidation sites excluding steroid dienone is 1. The first-order chi connectivity index (χ1) is 9.91. The molecule has 0 aliphatic carbocycles. The molecular weight excluding hydrogens is 290 g/mol. The summed E-state index contributed by atoms with van der Waals surface area (Å²) >= 11 is 0. The maximum absolute atomic E-state index is 9.69. The quantitative estimate of drug-likeness (QED) is 0.417. The molecule has 5 nitrogen and oxygen atoms in total. The van der Waals surface area contributed by atoms with Crippen molar-refractivity contribution >= 4 is 16.5 Å². The summed E-state index contributed by atoms with van der Waals surface area (Å²) < 4.78 is 16.1. The van der Waals surface area contributed by atoms with Gasteiger partial charge in [0.05, 0.1) is 25.5 Å². The Balaban J connectivity index is 3.55. The van der Waals surface area contributed by atoms with E-state index < -0.39 is 16.4 Å². The summed E-state index contributed by atoms with van der Waals surface area (Å²) in [7, 11) is 0.791. The van der Waals surface area contributed by atoms with E-state index in [2.05, 4.69) is 30.7 Å². The molecule has 0 saturated carbocycles. The van der Waals surface area contributed by atoms with Crippen LogP contribution in [-0.2, 0) is 13.7 Å². The molecular formula is C15H29NO4S. The van der Waals surface area contributed by atoms with E-state index in [-0.39, 0.29) is 19.8 Å². The molecule has 124 valence electrons. The van der Waals surface area contributed by atoms with Crippen LogP contribution >= 0.6 is 10.3 Å². The van der Waals surface area contributed by atoms with Crippen LogP contribution in [0.3, 0.4) is 0 Å². The molecule has 0 radical (unpaired) electrons. The molecule has 1 atom stereocenters. The maximum atomic E-state index is 9.69. The van der Waals surface area contributed by atoms with Gasteiger partial charge in [-0.1, -0.05) is 19.2 Å². The SMILES string of the molecule is C=CC=NC(=C)COCC(O)COCCCS(C)(C)OC. The van der Waals surface area contributed by atoms with Gasteiger partial charge in [-0.25, -0.2) is 0 Å². The van der Waals surface area contributed by atoms with E-state index in [4.69, 9.17) is 13.7 Å². The van der Waals surface area contributed by atoms with E-state index in [0.29, 0.717) is 12.3 Å². The second-order valence-electron chi connectivity index (χ2n) is 4.99. The highest BCUT2D eigenvalue weighted by Gasteiger charge is 2.10. The Bertz CT molecular complexity index is 332. The van der Waals surface area contributed by atoms with Crippen LogP contribution in [0.4, 0.5) is 0 Å². The predicted octanol–water partition coefficient (Wildman–Crippen LogP) is 2.17. The van der Waals surface area contributed by atoms with Gasteiger partial charge < -0.3 is 18.8 Å². The fourth-order valence-electron chi connectivity index (χ4n) is 1.37. The van der Waals surface area contributed by atoms with Gasteiger partial charge in [-0.15, -0.1) is 10.3 Å². The molecule has 0 aromatic carbocycles. The molecule has 6 heteroatoms. The Labute approximate surface area is 130 Å². The lowest BCUT2D eigenvalue weighted by Crippen LogP contribution is -2.22. The zero-order valence-electron chi connectivity index (χ0n) is 13.4. The van der Waals surface area contributed by atoms with Gasteiger partial charge in [0.1, 0.15) is 6.10 Å². The van der Waals surface area contributed by atoms with Crippen LogP contribution in [0.2, 0.25) is 0 Å². The summed E-state index contributed by atoms with van der Waals surface area (Å²) in [6.45, 7) is 8.61. The first-order valence-corrected chi connectivity index (χ1v) is 9.38. The minimum absolute atomic E-state index is 0.206. The van der Waals surface area contributed by atoms with Crippen molar-refractivity contribution in [2.45, 2.75) is 12.5 Å². The number of ether oxygens (including phenoxy) is 2. The summed E-state index contributed by atoms with van der Waals surface area (Å²) in [5.74, 6) is 0.997. The van der Waals surface area contributed by atoms with Crippen LogP contribution < -0.4 is 0 Å². The second kappa shape index (κ2) is 11.9. The number of hydrogen-bond acceptors (Lipinski definition) is 5. The van der Waals surface area contributed by atoms with Gasteiger partial charge in [0, 0.05) is 25.7 Å². The van der Waals surface area contributed by atoms with E-state index in [1.54, 1.807) is 19.4 Å². The lowest BCUT2D eigenvalue weighted by molar-refractivity contribution is -0.0139. The van der Waals surface area contributed by atoms with Crippen LogP contribution in [0.25, 0.3) is 0 Å². The third-order valence-electron chi connectivity index (χ3n) is 2.63. The van der Waals surface area contributed by atoms with Gasteiger partial charge in [-0.2, -0.15) is 0 Å². The normalized spacial score (nSPS) is 14.3. The van der Waals surface area contributed by atoms with Crippen molar-refractivity contribution in [1.82, 2.24) is 0 Å². The van der Waals surface area contributed by atoms with Gasteiger partial charge >= 0.3 is 0 Å². The minimum atomic E-state index is -0.949. The highest BCUT2D eigenvalue weighted by atomic mass is 32.3. The van der Waals surface area contributed by atoms with E-state index >= 15 is 0 Å². The number of aliphatic hydroxyl groups excluding tert-OH is 1. The molecule has 0 amide bonds. The van der Waals surface area contributed by atoms with Crippen molar-refractivity contribution < 1.29 is 18.8 Å². The third-order valence-corrected chi connectivity index (χ3v) is 4.80. The second-order valence-corrected chi connectivity index (χ2v) is 8.60. The molecule has 0 aliphatic rings. The van der Waals surface area contributed by atoms with Crippen LogP contribution in [0.15, 0.2) is 29.9 Å². The molecule has 21 heavy (non-hydrogen) atoms. The lowest BCUT2D eigenvalue weighted by Gasteiger charge is -2.28. The Morgan fingerprint density at radius 1 is 1.33 bits per heavy atom. The zero-order valence-corrected chi connectivity index (χ0v) is 14.2. The summed E-state index contributed by atoms with van der Waals surface area (Å²) in [6.07, 6.45) is 7.66. The van der Waals surface area contributed by atoms with Crippen molar-refractivity contribution in [2.24, 2.45) is 4.99 Å². The lowest BCUT2D eigenvalue weighted by atomic mass is 10.4. The van der Waals surface area contributed by atoms with Crippen LogP contribution in [0.5, 0.6) is 0 Å². The first-order valence-electron chi connectivity index (χ1n) is 6.84. The van der Waals surface area contributed by atoms with E-state index in [1.165, 1.54) is 0 Å². The standard InChI is InChI=1S/C15H29NO4S/c1-6-8-16-14(2)11-20-13-15(17)12-19-9-7-10-21(4,5)18-3/h6,8,15,17H,1-2,7,9-13H2,3-5H3. The van der Waals surface area contributed by atoms with E-state index in [1.807, 2.05) is 0 Å². The minimum Gasteiger partial charge on any atom is -0.388 e. The molecule has 0 fully saturated rings. The summed E-state index contributed by atoms with van der Waals surface area (Å²) in [5.41, 5.74) is 0.591. The number of nitrogens with zero attached hydrogens (tertiary/aromatic N) is 1. The third kappa shape index (κ3) is 12.8. The van der Waals surface area contributed by atoms with Crippen molar-refractivity contribution in [1.29, 1.82) is 0 Å². The summed E-state index contributed by atoms with van der Waals surface area (Å²) in [6, 6.07) is 0. The van der Waals surface area contributed by atoms with Gasteiger partial charge in [0.15, 0.2) is 0 Å². The molecule has 0 aromatic heterocycles. The molecule has 0 aromatic rings. The Hall–Kier alpha value is -0.660. The number of aliphatic imine (C=N–C) groups is 1. The van der Waals surface area contributed by atoms with Crippen LogP contribution in [0.1, 0.15) is 6.42 Å². The number of aliphatic hydroxyl groups is 1. The summed E-state index contributed by atoms with van der Waals surface area (Å²) in [4.78, 5) is 3.97. The zero-order chi connectivity index (χ0) is 16.1. The smallest absolute Gasteiger partial charge is 0.101 e. The topological polar surface area (TPSA) is 60.3 Å². The predicted molar refractivity (Wildman–Crippen MR) is 91.4 cm³/mol. The van der Waals surface area contributed by atoms with E-state index in [0.717, 1.165) is 12.2 Å². The van der Waals surface area contributed by atoms with Crippen molar-refractivity contribution in [2.75, 3.05) is 51.8 Å². The molecule has 0 bridgehead atoms. The molecule has 0 rings (SSSR count). The molecule has 0 aliphatic heterocycles. The number of rotatable bonds is 13.